The van der Waals surface area contributed by atoms with Gasteiger partial charge in [0.15, 0.2) is 5.13 Å². The molecule has 0 bridgehead atoms. The highest BCUT2D eigenvalue weighted by Crippen LogP contribution is 2.43. The van der Waals surface area contributed by atoms with Crippen LogP contribution in [0.1, 0.15) is 36.9 Å². The monoisotopic (exact) mass is 225 g/mol. The molecular formula is C11H19N3S. The number of aromatic nitrogens is 1. The second-order valence-corrected chi connectivity index (χ2v) is 6.36. The summed E-state index contributed by atoms with van der Waals surface area (Å²) in [4.78, 5) is 8.01. The molecule has 1 aromatic rings. The zero-order chi connectivity index (χ0) is 11.2. The molecule has 0 saturated carbocycles. The number of fused-ring (bicyclic) bond motifs is 1. The average molecular weight is 225 g/mol. The predicted octanol–water partition coefficient (Wildman–Crippen LogP) is 2.18. The third-order valence-electron chi connectivity index (χ3n) is 2.85. The Balaban J connectivity index is 2.38. The Morgan fingerprint density at radius 3 is 2.73 bits per heavy atom. The van der Waals surface area contributed by atoms with Gasteiger partial charge in [-0.3, -0.25) is 0 Å². The molecule has 3 nitrogen and oxygen atoms in total. The van der Waals surface area contributed by atoms with E-state index in [1.807, 2.05) is 14.1 Å². The van der Waals surface area contributed by atoms with Crippen molar-refractivity contribution >= 4 is 16.5 Å². The van der Waals surface area contributed by atoms with Crippen LogP contribution >= 0.6 is 11.3 Å². The minimum Gasteiger partial charge on any atom is -0.354 e. The van der Waals surface area contributed by atoms with Gasteiger partial charge in [0.25, 0.3) is 0 Å². The lowest BCUT2D eigenvalue weighted by molar-refractivity contribution is 0.282. The predicted molar refractivity (Wildman–Crippen MR) is 65.5 cm³/mol. The summed E-state index contributed by atoms with van der Waals surface area (Å²) in [5.41, 5.74) is 7.70. The molecule has 1 aromatic heterocycles. The molecule has 2 rings (SSSR count). The highest BCUT2D eigenvalue weighted by atomic mass is 32.1. The third kappa shape index (κ3) is 2.01. The number of rotatable bonds is 1. The van der Waals surface area contributed by atoms with E-state index in [0.29, 0.717) is 5.41 Å². The van der Waals surface area contributed by atoms with Crippen LogP contribution in [0.3, 0.4) is 0 Å². The first-order valence-electron chi connectivity index (χ1n) is 5.31. The molecule has 0 radical (unpaired) electrons. The first kappa shape index (κ1) is 10.9. The SMILES string of the molecule is CN(C)c1nc2c(s1)C(N)CC(C)(C)C2. The van der Waals surface area contributed by atoms with Gasteiger partial charge < -0.3 is 10.6 Å². The van der Waals surface area contributed by atoms with E-state index in [4.69, 9.17) is 5.73 Å². The number of thiazole rings is 1. The Labute approximate surface area is 95.3 Å². The Hall–Kier alpha value is -0.610. The van der Waals surface area contributed by atoms with Crippen LogP contribution in [0.4, 0.5) is 5.13 Å². The van der Waals surface area contributed by atoms with Crippen molar-refractivity contribution in [2.45, 2.75) is 32.7 Å². The van der Waals surface area contributed by atoms with E-state index >= 15 is 0 Å². The summed E-state index contributed by atoms with van der Waals surface area (Å²) in [6, 6.07) is 0.176. The van der Waals surface area contributed by atoms with Crippen molar-refractivity contribution in [1.29, 1.82) is 0 Å². The summed E-state index contributed by atoms with van der Waals surface area (Å²) in [5.74, 6) is 0. The van der Waals surface area contributed by atoms with Gasteiger partial charge in [0.05, 0.1) is 5.69 Å². The molecule has 0 amide bonds. The Morgan fingerprint density at radius 2 is 2.13 bits per heavy atom. The highest BCUT2D eigenvalue weighted by molar-refractivity contribution is 7.15. The smallest absolute Gasteiger partial charge is 0.185 e. The van der Waals surface area contributed by atoms with Crippen molar-refractivity contribution in [2.75, 3.05) is 19.0 Å². The molecule has 15 heavy (non-hydrogen) atoms. The van der Waals surface area contributed by atoms with Crippen molar-refractivity contribution in [1.82, 2.24) is 4.98 Å². The summed E-state index contributed by atoms with van der Waals surface area (Å²) in [7, 11) is 4.06. The van der Waals surface area contributed by atoms with Crippen LogP contribution in [-0.2, 0) is 6.42 Å². The molecule has 4 heteroatoms. The van der Waals surface area contributed by atoms with E-state index in [1.165, 1.54) is 10.6 Å². The fraction of sp³-hybridized carbons (Fsp3) is 0.727. The minimum absolute atomic E-state index is 0.176. The van der Waals surface area contributed by atoms with Crippen molar-refractivity contribution in [2.24, 2.45) is 11.1 Å². The van der Waals surface area contributed by atoms with Crippen LogP contribution in [-0.4, -0.2) is 19.1 Å². The molecular weight excluding hydrogens is 206 g/mol. The topological polar surface area (TPSA) is 42.2 Å². The number of nitrogens with two attached hydrogens (primary N) is 1. The maximum Gasteiger partial charge on any atom is 0.185 e. The standard InChI is InChI=1S/C11H19N3S/c1-11(2)5-7(12)9-8(6-11)13-10(15-9)14(3)4/h7H,5-6,12H2,1-4H3. The maximum atomic E-state index is 6.19. The van der Waals surface area contributed by atoms with Crippen LogP contribution < -0.4 is 10.6 Å². The van der Waals surface area contributed by atoms with E-state index in [0.717, 1.165) is 18.0 Å². The molecule has 1 atom stereocenters. The Morgan fingerprint density at radius 1 is 1.47 bits per heavy atom. The summed E-state index contributed by atoms with van der Waals surface area (Å²) in [6.07, 6.45) is 2.12. The van der Waals surface area contributed by atoms with Gasteiger partial charge in [-0.15, -0.1) is 11.3 Å². The highest BCUT2D eigenvalue weighted by Gasteiger charge is 2.33. The molecule has 1 heterocycles. The molecule has 1 unspecified atom stereocenters. The van der Waals surface area contributed by atoms with E-state index in [2.05, 4.69) is 23.7 Å². The lowest BCUT2D eigenvalue weighted by Gasteiger charge is -2.32. The average Bonchev–Trinajstić information content (AvgIpc) is 2.45. The fourth-order valence-corrected chi connectivity index (χ4v) is 3.18. The lowest BCUT2D eigenvalue weighted by atomic mass is 9.77. The number of nitrogens with zero attached hydrogens (tertiary/aromatic N) is 2. The number of hydrogen-bond acceptors (Lipinski definition) is 4. The largest absolute Gasteiger partial charge is 0.354 e. The van der Waals surface area contributed by atoms with Crippen molar-refractivity contribution in [3.63, 3.8) is 0 Å². The molecule has 0 spiro atoms. The van der Waals surface area contributed by atoms with Crippen molar-refractivity contribution in [3.05, 3.63) is 10.6 Å². The van der Waals surface area contributed by atoms with Crippen molar-refractivity contribution in [3.8, 4) is 0 Å². The number of anilines is 1. The zero-order valence-electron chi connectivity index (χ0n) is 9.87. The van der Waals surface area contributed by atoms with Gasteiger partial charge in [-0.25, -0.2) is 4.98 Å². The summed E-state index contributed by atoms with van der Waals surface area (Å²) in [6.45, 7) is 4.54. The van der Waals surface area contributed by atoms with E-state index < -0.39 is 0 Å². The first-order chi connectivity index (χ1) is 6.89. The normalized spacial score (nSPS) is 23.7. The third-order valence-corrected chi connectivity index (χ3v) is 4.25. The van der Waals surface area contributed by atoms with Crippen LogP contribution in [0.2, 0.25) is 0 Å². The van der Waals surface area contributed by atoms with E-state index in [9.17, 15) is 0 Å². The summed E-state index contributed by atoms with van der Waals surface area (Å²) < 4.78 is 0. The first-order valence-corrected chi connectivity index (χ1v) is 6.13. The van der Waals surface area contributed by atoms with Crippen LogP contribution in [0.15, 0.2) is 0 Å². The maximum absolute atomic E-state index is 6.19. The molecule has 0 saturated heterocycles. The lowest BCUT2D eigenvalue weighted by Crippen LogP contribution is -2.28. The van der Waals surface area contributed by atoms with Crippen LogP contribution in [0, 0.1) is 5.41 Å². The van der Waals surface area contributed by atoms with Gasteiger partial charge in [-0.05, 0) is 18.3 Å². The summed E-state index contributed by atoms with van der Waals surface area (Å²) in [5, 5.41) is 1.08. The van der Waals surface area contributed by atoms with Gasteiger partial charge >= 0.3 is 0 Å². The van der Waals surface area contributed by atoms with E-state index in [-0.39, 0.29) is 6.04 Å². The fourth-order valence-electron chi connectivity index (χ4n) is 2.17. The molecule has 1 aliphatic rings. The van der Waals surface area contributed by atoms with Gasteiger partial charge in [-0.1, -0.05) is 13.8 Å². The quantitative estimate of drug-likeness (QED) is 0.796. The molecule has 0 aliphatic heterocycles. The minimum atomic E-state index is 0.176. The Bertz CT molecular complexity index is 368. The van der Waals surface area contributed by atoms with Crippen LogP contribution in [0.5, 0.6) is 0 Å². The van der Waals surface area contributed by atoms with Crippen LogP contribution in [0.25, 0.3) is 0 Å². The second kappa shape index (κ2) is 3.46. The van der Waals surface area contributed by atoms with E-state index in [1.54, 1.807) is 11.3 Å². The Kier molecular flexibility index (Phi) is 2.51. The van der Waals surface area contributed by atoms with Gasteiger partial charge in [0.1, 0.15) is 0 Å². The number of hydrogen-bond donors (Lipinski definition) is 1. The zero-order valence-corrected chi connectivity index (χ0v) is 10.7. The molecule has 1 aliphatic carbocycles. The van der Waals surface area contributed by atoms with Gasteiger partial charge in [0.2, 0.25) is 0 Å². The molecule has 2 N–H and O–H groups in total. The van der Waals surface area contributed by atoms with Gasteiger partial charge in [-0.2, -0.15) is 0 Å². The van der Waals surface area contributed by atoms with Crippen molar-refractivity contribution < 1.29 is 0 Å². The molecule has 0 fully saturated rings. The summed E-state index contributed by atoms with van der Waals surface area (Å²) >= 11 is 1.74. The second-order valence-electron chi connectivity index (χ2n) is 5.35. The molecule has 0 aromatic carbocycles. The molecule has 84 valence electrons. The van der Waals surface area contributed by atoms with Gasteiger partial charge in [0, 0.05) is 25.0 Å².